The van der Waals surface area contributed by atoms with Crippen molar-refractivity contribution in [2.75, 3.05) is 0 Å². The maximum absolute atomic E-state index is 9.79. The number of hydrogen-bond acceptors (Lipinski definition) is 3. The van der Waals surface area contributed by atoms with E-state index in [1.807, 2.05) is 54.6 Å². The van der Waals surface area contributed by atoms with Gasteiger partial charge in [-0.15, -0.1) is 0 Å². The summed E-state index contributed by atoms with van der Waals surface area (Å²) in [6, 6.07) is 32.1. The van der Waals surface area contributed by atoms with Gasteiger partial charge in [-0.05, 0) is 58.7 Å². The molecule has 0 bridgehead atoms. The van der Waals surface area contributed by atoms with Gasteiger partial charge in [0.25, 0.3) is 0 Å². The number of benzene rings is 4. The molecule has 4 aromatic rings. The number of hydrogen-bond donors (Lipinski definition) is 3. The number of aromatic hydroxyl groups is 3. The van der Waals surface area contributed by atoms with Crippen molar-refractivity contribution < 1.29 is 15.3 Å². The zero-order valence-corrected chi connectivity index (χ0v) is 15.8. The Labute approximate surface area is 170 Å². The summed E-state index contributed by atoms with van der Waals surface area (Å²) in [7, 11) is 0. The van der Waals surface area contributed by atoms with Gasteiger partial charge in [0.15, 0.2) is 0 Å². The quantitative estimate of drug-likeness (QED) is 0.411. The molecule has 0 spiro atoms. The maximum Gasteiger partial charge on any atom is 0.115 e. The topological polar surface area (TPSA) is 60.7 Å². The van der Waals surface area contributed by atoms with Crippen LogP contribution in [0.3, 0.4) is 0 Å². The van der Waals surface area contributed by atoms with Gasteiger partial charge in [-0.2, -0.15) is 0 Å². The van der Waals surface area contributed by atoms with Crippen LogP contribution in [-0.2, 0) is 0 Å². The number of phenolic OH excluding ortho intramolecular Hbond substituents is 3. The van der Waals surface area contributed by atoms with Crippen molar-refractivity contribution in [3.8, 4) is 17.2 Å². The second-order valence-electron chi connectivity index (χ2n) is 7.14. The Hall–Kier alpha value is -3.72. The van der Waals surface area contributed by atoms with Crippen molar-refractivity contribution in [3.63, 3.8) is 0 Å². The molecule has 1 atom stereocenters. The minimum atomic E-state index is -0.0526. The predicted octanol–water partition coefficient (Wildman–Crippen LogP) is 5.77. The Kier molecular flexibility index (Phi) is 5.21. The zero-order valence-electron chi connectivity index (χ0n) is 15.8. The Morgan fingerprint density at radius 2 is 0.621 bits per heavy atom. The van der Waals surface area contributed by atoms with Crippen LogP contribution in [0.5, 0.6) is 17.2 Å². The third-order valence-electron chi connectivity index (χ3n) is 5.25. The summed E-state index contributed by atoms with van der Waals surface area (Å²) < 4.78 is 0. The summed E-state index contributed by atoms with van der Waals surface area (Å²) in [6.07, 6.45) is 0. The van der Waals surface area contributed by atoms with E-state index in [1.165, 1.54) is 0 Å². The molecule has 0 fully saturated rings. The molecule has 0 amide bonds. The molecule has 3 N–H and O–H groups in total. The lowest BCUT2D eigenvalue weighted by Gasteiger charge is -2.29. The Balaban J connectivity index is 1.93. The van der Waals surface area contributed by atoms with Crippen LogP contribution in [-0.4, -0.2) is 15.3 Å². The molecule has 3 heteroatoms. The molecular weight excluding hydrogens is 360 g/mol. The van der Waals surface area contributed by atoms with E-state index in [-0.39, 0.29) is 29.1 Å². The van der Waals surface area contributed by atoms with Gasteiger partial charge in [-0.3, -0.25) is 0 Å². The van der Waals surface area contributed by atoms with E-state index in [1.54, 1.807) is 36.4 Å². The van der Waals surface area contributed by atoms with Gasteiger partial charge in [-0.25, -0.2) is 0 Å². The summed E-state index contributed by atoms with van der Waals surface area (Å²) in [5, 5.41) is 29.4. The molecule has 3 nitrogen and oxygen atoms in total. The molecule has 0 aliphatic carbocycles. The van der Waals surface area contributed by atoms with Crippen molar-refractivity contribution in [2.45, 2.75) is 11.8 Å². The van der Waals surface area contributed by atoms with Gasteiger partial charge < -0.3 is 15.3 Å². The summed E-state index contributed by atoms with van der Waals surface area (Å²) in [5.74, 6) is 0.596. The van der Waals surface area contributed by atoms with Crippen molar-refractivity contribution in [1.29, 1.82) is 0 Å². The van der Waals surface area contributed by atoms with Gasteiger partial charge in [-0.1, -0.05) is 66.7 Å². The zero-order chi connectivity index (χ0) is 20.2. The summed E-state index contributed by atoms with van der Waals surface area (Å²) in [5.41, 5.74) is 4.32. The van der Waals surface area contributed by atoms with Gasteiger partial charge in [0.05, 0.1) is 0 Å². The summed E-state index contributed by atoms with van der Waals surface area (Å²) in [6.45, 7) is 0. The first-order valence-electron chi connectivity index (χ1n) is 9.53. The molecule has 0 saturated heterocycles. The molecule has 4 rings (SSSR count). The SMILES string of the molecule is Oc1ccc(C(c2ccccc2)C(c2ccc(O)cc2)c2ccc(O)cc2)cc1. The Morgan fingerprint density at radius 1 is 0.345 bits per heavy atom. The van der Waals surface area contributed by atoms with Crippen molar-refractivity contribution in [3.05, 3.63) is 125 Å². The van der Waals surface area contributed by atoms with E-state index in [0.717, 1.165) is 22.3 Å². The molecule has 0 aliphatic rings. The lowest BCUT2D eigenvalue weighted by molar-refractivity contribution is 0.473. The van der Waals surface area contributed by atoms with Crippen molar-refractivity contribution >= 4 is 0 Å². The molecule has 0 radical (unpaired) electrons. The van der Waals surface area contributed by atoms with E-state index in [4.69, 9.17) is 0 Å². The Bertz CT molecular complexity index is 1010. The molecule has 0 saturated carbocycles. The van der Waals surface area contributed by atoms with Crippen molar-refractivity contribution in [2.24, 2.45) is 0 Å². The maximum atomic E-state index is 9.79. The summed E-state index contributed by atoms with van der Waals surface area (Å²) in [4.78, 5) is 0. The lowest BCUT2D eigenvalue weighted by atomic mass is 9.74. The predicted molar refractivity (Wildman–Crippen MR) is 114 cm³/mol. The van der Waals surface area contributed by atoms with Crippen LogP contribution in [0.15, 0.2) is 103 Å². The molecule has 144 valence electrons. The molecule has 29 heavy (non-hydrogen) atoms. The monoisotopic (exact) mass is 382 g/mol. The number of phenols is 3. The van der Waals surface area contributed by atoms with Crippen LogP contribution >= 0.6 is 0 Å². The highest BCUT2D eigenvalue weighted by atomic mass is 16.3. The highest BCUT2D eigenvalue weighted by Crippen LogP contribution is 2.43. The first-order chi connectivity index (χ1) is 14.1. The first kappa shape index (κ1) is 18.6. The Morgan fingerprint density at radius 3 is 0.931 bits per heavy atom. The second-order valence-corrected chi connectivity index (χ2v) is 7.14. The fourth-order valence-electron chi connectivity index (χ4n) is 3.86. The average Bonchev–Trinajstić information content (AvgIpc) is 2.75. The molecule has 0 aliphatic heterocycles. The van der Waals surface area contributed by atoms with Crippen LogP contribution in [0.4, 0.5) is 0 Å². The van der Waals surface area contributed by atoms with Gasteiger partial charge in [0.2, 0.25) is 0 Å². The van der Waals surface area contributed by atoms with E-state index in [9.17, 15) is 15.3 Å². The molecule has 0 heterocycles. The van der Waals surface area contributed by atoms with Crippen LogP contribution in [0.1, 0.15) is 34.1 Å². The van der Waals surface area contributed by atoms with E-state index < -0.39 is 0 Å². The third-order valence-corrected chi connectivity index (χ3v) is 5.25. The standard InChI is InChI=1S/C26H22O3/c27-22-12-6-19(7-13-22)25(18-4-2-1-3-5-18)26(20-8-14-23(28)15-9-20)21-10-16-24(29)17-11-21/h1-17,25-29H. The van der Waals surface area contributed by atoms with Crippen LogP contribution < -0.4 is 0 Å². The van der Waals surface area contributed by atoms with Gasteiger partial charge in [0.1, 0.15) is 17.2 Å². The smallest absolute Gasteiger partial charge is 0.115 e. The molecular formula is C26H22O3. The van der Waals surface area contributed by atoms with Gasteiger partial charge >= 0.3 is 0 Å². The first-order valence-corrected chi connectivity index (χ1v) is 9.53. The lowest BCUT2D eigenvalue weighted by Crippen LogP contribution is -2.14. The van der Waals surface area contributed by atoms with Crippen LogP contribution in [0.2, 0.25) is 0 Å². The van der Waals surface area contributed by atoms with E-state index >= 15 is 0 Å². The minimum absolute atomic E-state index is 0.0223. The van der Waals surface area contributed by atoms with E-state index in [0.29, 0.717) is 0 Å². The highest BCUT2D eigenvalue weighted by Gasteiger charge is 2.28. The molecule has 0 aromatic heterocycles. The number of rotatable bonds is 5. The third kappa shape index (κ3) is 4.09. The highest BCUT2D eigenvalue weighted by molar-refractivity contribution is 5.47. The molecule has 1 unspecified atom stereocenters. The van der Waals surface area contributed by atoms with Crippen molar-refractivity contribution in [1.82, 2.24) is 0 Å². The summed E-state index contributed by atoms with van der Waals surface area (Å²) >= 11 is 0. The largest absolute Gasteiger partial charge is 0.508 e. The average molecular weight is 382 g/mol. The van der Waals surface area contributed by atoms with Crippen LogP contribution in [0, 0.1) is 0 Å². The van der Waals surface area contributed by atoms with E-state index in [2.05, 4.69) is 12.1 Å². The normalized spacial score (nSPS) is 12.0. The minimum Gasteiger partial charge on any atom is -0.508 e. The second kappa shape index (κ2) is 8.11. The fraction of sp³-hybridized carbons (Fsp3) is 0.0769. The van der Waals surface area contributed by atoms with Crippen LogP contribution in [0.25, 0.3) is 0 Å². The fourth-order valence-corrected chi connectivity index (χ4v) is 3.86. The van der Waals surface area contributed by atoms with Gasteiger partial charge in [0, 0.05) is 11.8 Å². The molecule has 4 aromatic carbocycles.